The van der Waals surface area contributed by atoms with Gasteiger partial charge < -0.3 is 0 Å². The van der Waals surface area contributed by atoms with Gasteiger partial charge in [-0.1, -0.05) is 0 Å². The third kappa shape index (κ3) is 214. The summed E-state index contributed by atoms with van der Waals surface area (Å²) < 4.78 is 31.0. The van der Waals surface area contributed by atoms with Crippen LogP contribution in [0, 0.1) is 0 Å². The second-order valence-electron chi connectivity index (χ2n) is 0.542. The van der Waals surface area contributed by atoms with Gasteiger partial charge in [0.05, 0.1) is 0 Å². The molecule has 0 aromatic rings. The van der Waals surface area contributed by atoms with E-state index < -0.39 is 5.92 Å². The van der Waals surface area contributed by atoms with Crippen molar-refractivity contribution in [2.75, 3.05) is 0 Å². The zero-order chi connectivity index (χ0) is 4.50. The van der Waals surface area contributed by atoms with Crippen LogP contribution in [0.1, 0.15) is 0 Å². The summed E-state index contributed by atoms with van der Waals surface area (Å²) >= 11 is 0. The third-order valence-corrected chi connectivity index (χ3v) is 0. The van der Waals surface area contributed by atoms with E-state index in [0.717, 1.165) is 0 Å². The fourth-order valence-electron chi connectivity index (χ4n) is 0. The Bertz CT molecular complexity index is 26.3. The van der Waals surface area contributed by atoms with E-state index in [9.17, 15) is 13.2 Å². The Balaban J connectivity index is 0. The molecule has 0 N–H and O–H groups in total. The molecule has 6 heavy (non-hydrogen) atoms. The first-order chi connectivity index (χ1) is 2.00. The van der Waals surface area contributed by atoms with Gasteiger partial charge in [-0.05, 0) is 9.24 Å². The summed E-state index contributed by atoms with van der Waals surface area (Å²) in [6.45, 7) is 0. The first-order valence-electron chi connectivity index (χ1n) is 0.856. The highest BCUT2D eigenvalue weighted by Gasteiger charge is 2.15. The van der Waals surface area contributed by atoms with Crippen molar-refractivity contribution in [2.45, 2.75) is 5.92 Å². The van der Waals surface area contributed by atoms with Gasteiger partial charge in [0.2, 0.25) is 0 Å². The van der Waals surface area contributed by atoms with Crippen molar-refractivity contribution < 1.29 is 13.2 Å². The van der Waals surface area contributed by atoms with Crippen LogP contribution in [0.5, 0.6) is 0 Å². The molecule has 0 fully saturated rings. The molecule has 0 aromatic heterocycles. The van der Waals surface area contributed by atoms with Gasteiger partial charge in [0, 0.05) is 0 Å². The van der Waals surface area contributed by atoms with E-state index in [4.69, 9.17) is 0 Å². The maximum absolute atomic E-state index is 10.3. The van der Waals surface area contributed by atoms with Crippen LogP contribution in [-0.2, 0) is 0 Å². The molecule has 0 saturated heterocycles. The van der Waals surface area contributed by atoms with Gasteiger partial charge in [-0.25, -0.2) is 0 Å². The molecule has 0 spiro atoms. The number of halogens is 4. The lowest BCUT2D eigenvalue weighted by Crippen LogP contribution is -1.88. The van der Waals surface area contributed by atoms with Crippen molar-refractivity contribution in [3.63, 3.8) is 0 Å². The zero-order valence-corrected chi connectivity index (χ0v) is 4.59. The molecule has 1 unspecified atom stereocenters. The topological polar surface area (TPSA) is 0 Å². The van der Waals surface area contributed by atoms with Gasteiger partial charge in [-0.2, -0.15) is 13.2 Å². The standard InChI is InChI=1S/CH2F3P.ClH/c2-1(3,4)5;/h5H2;1H. The highest BCUT2D eigenvalue weighted by atomic mass is 35.5. The van der Waals surface area contributed by atoms with E-state index in [-0.39, 0.29) is 12.4 Å². The molecule has 0 aromatic carbocycles. The van der Waals surface area contributed by atoms with Gasteiger partial charge in [0.15, 0.2) is 0 Å². The maximum atomic E-state index is 10.3. The van der Waals surface area contributed by atoms with Crippen LogP contribution in [0.3, 0.4) is 0 Å². The fourth-order valence-corrected chi connectivity index (χ4v) is 0. The lowest BCUT2D eigenvalue weighted by Gasteiger charge is -1.88. The fraction of sp³-hybridized carbons (Fsp3) is 1.00. The summed E-state index contributed by atoms with van der Waals surface area (Å²) in [5.41, 5.74) is 0. The maximum Gasteiger partial charge on any atom is 0.399 e. The minimum absolute atomic E-state index is 0. The molecule has 0 aliphatic carbocycles. The van der Waals surface area contributed by atoms with E-state index >= 15 is 0 Å². The Hall–Kier alpha value is 0.510. The number of alkyl halides is 3. The van der Waals surface area contributed by atoms with Crippen molar-refractivity contribution in [1.82, 2.24) is 0 Å². The predicted octanol–water partition coefficient (Wildman–Crippen LogP) is 1.80. The predicted molar refractivity (Wildman–Crippen MR) is 23.0 cm³/mol. The summed E-state index contributed by atoms with van der Waals surface area (Å²) in [5, 5.41) is 0. The van der Waals surface area contributed by atoms with Crippen molar-refractivity contribution >= 4 is 21.6 Å². The Kier molecular flexibility index (Phi) is 4.28. The monoisotopic (exact) mass is 138 g/mol. The molecule has 0 radical (unpaired) electrons. The summed E-state index contributed by atoms with van der Waals surface area (Å²) in [4.78, 5) is 0. The second-order valence-corrected chi connectivity index (χ2v) is 1.20. The molecule has 40 valence electrons. The minimum Gasteiger partial charge on any atom is -0.168 e. The van der Waals surface area contributed by atoms with E-state index in [1.54, 1.807) is 0 Å². The van der Waals surface area contributed by atoms with Crippen molar-refractivity contribution in [1.29, 1.82) is 0 Å². The average molecular weight is 138 g/mol. The van der Waals surface area contributed by atoms with E-state index in [1.807, 2.05) is 0 Å². The number of rotatable bonds is 0. The highest BCUT2D eigenvalue weighted by Crippen LogP contribution is 2.21. The average Bonchev–Trinajstić information content (AvgIpc) is 0.722. The van der Waals surface area contributed by atoms with Crippen LogP contribution in [0.15, 0.2) is 0 Å². The normalized spacial score (nSPS) is 10.0. The lowest BCUT2D eigenvalue weighted by atomic mass is 11.6. The van der Waals surface area contributed by atoms with Crippen molar-refractivity contribution in [3.8, 4) is 0 Å². The summed E-state index contributed by atoms with van der Waals surface area (Å²) in [7, 11) is 0.715. The molecular weight excluding hydrogens is 135 g/mol. The van der Waals surface area contributed by atoms with Crippen LogP contribution in [-0.4, -0.2) is 5.92 Å². The van der Waals surface area contributed by atoms with Gasteiger partial charge in [-0.3, -0.25) is 0 Å². The second kappa shape index (κ2) is 2.64. The van der Waals surface area contributed by atoms with Crippen LogP contribution in [0.25, 0.3) is 0 Å². The molecule has 0 amide bonds. The van der Waals surface area contributed by atoms with Gasteiger partial charge >= 0.3 is 5.92 Å². The van der Waals surface area contributed by atoms with Gasteiger partial charge in [-0.15, -0.1) is 12.4 Å². The molecule has 0 heterocycles. The summed E-state index contributed by atoms with van der Waals surface area (Å²) in [5.74, 6) is -4.08. The van der Waals surface area contributed by atoms with Gasteiger partial charge in [0.25, 0.3) is 0 Å². The molecule has 0 nitrogen and oxygen atoms in total. The highest BCUT2D eigenvalue weighted by molar-refractivity contribution is 7.17. The summed E-state index contributed by atoms with van der Waals surface area (Å²) in [6, 6.07) is 0. The Morgan fingerprint density at radius 3 is 1.17 bits per heavy atom. The summed E-state index contributed by atoms with van der Waals surface area (Å²) in [6.07, 6.45) is 0. The first kappa shape index (κ1) is 9.72. The van der Waals surface area contributed by atoms with Gasteiger partial charge in [0.1, 0.15) is 0 Å². The molecule has 1 atom stereocenters. The number of hydrogen-bond acceptors (Lipinski definition) is 0. The molecule has 0 aliphatic heterocycles. The Morgan fingerprint density at radius 1 is 1.17 bits per heavy atom. The van der Waals surface area contributed by atoms with Crippen LogP contribution in [0.2, 0.25) is 0 Å². The lowest BCUT2D eigenvalue weighted by molar-refractivity contribution is -0.0341. The number of hydrogen-bond donors (Lipinski definition) is 0. The molecule has 0 rings (SSSR count). The molecule has 0 bridgehead atoms. The minimum atomic E-state index is -4.08. The molecular formula is CH3ClF3P. The quantitative estimate of drug-likeness (QED) is 0.448. The van der Waals surface area contributed by atoms with E-state index in [2.05, 4.69) is 0 Å². The van der Waals surface area contributed by atoms with Crippen molar-refractivity contribution in [3.05, 3.63) is 0 Å². The smallest absolute Gasteiger partial charge is 0.168 e. The Morgan fingerprint density at radius 2 is 1.17 bits per heavy atom. The molecule has 5 heteroatoms. The van der Waals surface area contributed by atoms with E-state index in [0.29, 0.717) is 9.24 Å². The van der Waals surface area contributed by atoms with E-state index in [1.165, 1.54) is 0 Å². The molecule has 0 aliphatic rings. The van der Waals surface area contributed by atoms with Crippen LogP contribution >= 0.6 is 21.6 Å². The Labute approximate surface area is 41.7 Å². The first-order valence-corrected chi connectivity index (χ1v) is 1.43. The van der Waals surface area contributed by atoms with Crippen LogP contribution < -0.4 is 0 Å². The largest absolute Gasteiger partial charge is 0.399 e. The SMILES string of the molecule is Cl.FC(F)(F)P. The third-order valence-electron chi connectivity index (χ3n) is 0. The zero-order valence-electron chi connectivity index (χ0n) is 2.62. The van der Waals surface area contributed by atoms with Crippen LogP contribution in [0.4, 0.5) is 13.2 Å². The molecule has 0 saturated carbocycles. The van der Waals surface area contributed by atoms with Crippen molar-refractivity contribution in [2.24, 2.45) is 0 Å².